The zero-order valence-electron chi connectivity index (χ0n) is 12.9. The molecule has 0 bridgehead atoms. The molecule has 0 saturated carbocycles. The Labute approximate surface area is 133 Å². The minimum atomic E-state index is -0.968. The molecule has 3 rings (SSSR count). The third kappa shape index (κ3) is 2.84. The van der Waals surface area contributed by atoms with Crippen LogP contribution < -0.4 is 10.9 Å². The number of carboxylic acids is 1. The van der Waals surface area contributed by atoms with E-state index in [4.69, 9.17) is 0 Å². The van der Waals surface area contributed by atoms with E-state index in [0.29, 0.717) is 13.0 Å². The molecule has 0 spiro atoms. The molecule has 6 nitrogen and oxygen atoms in total. The van der Waals surface area contributed by atoms with Gasteiger partial charge in [0.2, 0.25) is 0 Å². The summed E-state index contributed by atoms with van der Waals surface area (Å²) in [6.07, 6.45) is 2.87. The molecule has 0 unspecified atom stereocenters. The van der Waals surface area contributed by atoms with Crippen molar-refractivity contribution in [2.24, 2.45) is 0 Å². The van der Waals surface area contributed by atoms with Gasteiger partial charge in [0.1, 0.15) is 6.04 Å². The van der Waals surface area contributed by atoms with Crippen LogP contribution in [0.15, 0.2) is 41.3 Å². The Bertz CT molecular complexity index is 770. The van der Waals surface area contributed by atoms with Gasteiger partial charge in [-0.2, -0.15) is 0 Å². The van der Waals surface area contributed by atoms with Gasteiger partial charge in [0, 0.05) is 24.4 Å². The van der Waals surface area contributed by atoms with Crippen LogP contribution in [0.3, 0.4) is 0 Å². The highest BCUT2D eigenvalue weighted by atomic mass is 16.4. The van der Waals surface area contributed by atoms with E-state index in [0.717, 1.165) is 17.7 Å². The molecule has 2 atom stereocenters. The van der Waals surface area contributed by atoms with Crippen LogP contribution in [0.4, 0.5) is 5.82 Å². The summed E-state index contributed by atoms with van der Waals surface area (Å²) in [5.41, 5.74) is 1.39. The van der Waals surface area contributed by atoms with Gasteiger partial charge in [0.05, 0.1) is 0 Å². The van der Waals surface area contributed by atoms with Gasteiger partial charge < -0.3 is 10.4 Å². The quantitative estimate of drug-likeness (QED) is 0.885. The van der Waals surface area contributed by atoms with Crippen LogP contribution in [0.5, 0.6) is 0 Å². The van der Waals surface area contributed by atoms with Crippen LogP contribution in [-0.4, -0.2) is 20.6 Å². The van der Waals surface area contributed by atoms with Crippen molar-refractivity contribution in [2.75, 3.05) is 5.32 Å². The fourth-order valence-electron chi connectivity index (χ4n) is 3.09. The van der Waals surface area contributed by atoms with E-state index in [9.17, 15) is 14.7 Å². The third-order valence-corrected chi connectivity index (χ3v) is 4.34. The zero-order chi connectivity index (χ0) is 16.4. The highest BCUT2D eigenvalue weighted by Crippen LogP contribution is 2.36. The van der Waals surface area contributed by atoms with Crippen LogP contribution >= 0.6 is 0 Å². The Morgan fingerprint density at radius 2 is 2.13 bits per heavy atom. The van der Waals surface area contributed by atoms with Gasteiger partial charge in [-0.1, -0.05) is 37.3 Å². The molecule has 0 aliphatic carbocycles. The molecule has 1 aromatic carbocycles. The van der Waals surface area contributed by atoms with Crippen LogP contribution in [0.25, 0.3) is 0 Å². The number of hydrogen-bond acceptors (Lipinski definition) is 4. The van der Waals surface area contributed by atoms with E-state index in [2.05, 4.69) is 10.3 Å². The van der Waals surface area contributed by atoms with Crippen LogP contribution in [0.2, 0.25) is 0 Å². The fourth-order valence-corrected chi connectivity index (χ4v) is 3.09. The molecular formula is C17H19N3O3. The van der Waals surface area contributed by atoms with Crippen molar-refractivity contribution < 1.29 is 9.90 Å². The van der Waals surface area contributed by atoms with Crippen molar-refractivity contribution >= 4 is 11.8 Å². The summed E-state index contributed by atoms with van der Waals surface area (Å²) in [7, 11) is 0. The number of rotatable bonds is 5. The number of aromatic nitrogens is 2. The molecule has 120 valence electrons. The Morgan fingerprint density at radius 1 is 1.39 bits per heavy atom. The highest BCUT2D eigenvalue weighted by molar-refractivity contribution is 5.73. The molecule has 6 heteroatoms. The van der Waals surface area contributed by atoms with Gasteiger partial charge in [-0.05, 0) is 18.4 Å². The Kier molecular flexibility index (Phi) is 4.14. The summed E-state index contributed by atoms with van der Waals surface area (Å²) in [6.45, 7) is 2.46. The van der Waals surface area contributed by atoms with Gasteiger partial charge in [0.15, 0.2) is 5.82 Å². The topological polar surface area (TPSA) is 84.2 Å². The number of carbonyl (C=O) groups is 1. The van der Waals surface area contributed by atoms with Crippen molar-refractivity contribution in [1.29, 1.82) is 0 Å². The minimum Gasteiger partial charge on any atom is -0.480 e. The molecule has 0 amide bonds. The van der Waals surface area contributed by atoms with E-state index in [-0.39, 0.29) is 17.3 Å². The van der Waals surface area contributed by atoms with Gasteiger partial charge >= 0.3 is 5.97 Å². The number of nitrogens with zero attached hydrogens (tertiary/aromatic N) is 2. The Hall–Kier alpha value is -2.63. The average molecular weight is 313 g/mol. The SMILES string of the molecule is CC[C@H]1C[C@@H](C(=O)O)n2c1cnc(NCc1ccccc1)c2=O. The molecule has 0 fully saturated rings. The molecule has 0 saturated heterocycles. The van der Waals surface area contributed by atoms with Gasteiger partial charge in [-0.25, -0.2) is 9.78 Å². The molecule has 2 N–H and O–H groups in total. The van der Waals surface area contributed by atoms with Crippen molar-refractivity contribution in [2.45, 2.75) is 38.3 Å². The molecular weight excluding hydrogens is 294 g/mol. The lowest BCUT2D eigenvalue weighted by Gasteiger charge is -2.12. The van der Waals surface area contributed by atoms with Crippen molar-refractivity contribution in [3.63, 3.8) is 0 Å². The van der Waals surface area contributed by atoms with Gasteiger partial charge in [-0.3, -0.25) is 9.36 Å². The normalized spacial score (nSPS) is 19.3. The maximum absolute atomic E-state index is 12.6. The van der Waals surface area contributed by atoms with Crippen molar-refractivity contribution in [3.05, 3.63) is 58.1 Å². The van der Waals surface area contributed by atoms with Crippen molar-refractivity contribution in [3.8, 4) is 0 Å². The van der Waals surface area contributed by atoms with Gasteiger partial charge in [0.25, 0.3) is 5.56 Å². The standard InChI is InChI=1S/C17H19N3O3/c1-2-12-8-13(17(22)23)20-14(12)10-19-15(16(20)21)18-9-11-6-4-3-5-7-11/h3-7,10,12-13H,2,8-9H2,1H3,(H,18,19)(H,22,23)/t12-,13-/m0/s1. The van der Waals surface area contributed by atoms with Crippen LogP contribution in [0.1, 0.15) is 43.0 Å². The summed E-state index contributed by atoms with van der Waals surface area (Å²) in [5.74, 6) is -0.704. The molecule has 2 heterocycles. The van der Waals surface area contributed by atoms with Crippen LogP contribution in [0, 0.1) is 0 Å². The van der Waals surface area contributed by atoms with E-state index in [1.807, 2.05) is 37.3 Å². The largest absolute Gasteiger partial charge is 0.480 e. The number of carboxylic acid groups (broad SMARTS) is 1. The number of anilines is 1. The fraction of sp³-hybridized carbons (Fsp3) is 0.353. The molecule has 0 radical (unpaired) electrons. The number of nitrogens with one attached hydrogen (secondary N) is 1. The maximum atomic E-state index is 12.6. The molecule has 1 aromatic heterocycles. The molecule has 23 heavy (non-hydrogen) atoms. The Balaban J connectivity index is 1.91. The first-order valence-electron chi connectivity index (χ1n) is 7.73. The first kappa shape index (κ1) is 15.3. The lowest BCUT2D eigenvalue weighted by molar-refractivity contribution is -0.140. The summed E-state index contributed by atoms with van der Waals surface area (Å²) < 4.78 is 1.39. The first-order valence-corrected chi connectivity index (χ1v) is 7.73. The summed E-state index contributed by atoms with van der Waals surface area (Å²) in [4.78, 5) is 28.3. The van der Waals surface area contributed by atoms with E-state index < -0.39 is 12.0 Å². The van der Waals surface area contributed by atoms with Gasteiger partial charge in [-0.15, -0.1) is 0 Å². The summed E-state index contributed by atoms with van der Waals surface area (Å²) >= 11 is 0. The predicted molar refractivity (Wildman–Crippen MR) is 86.6 cm³/mol. The van der Waals surface area contributed by atoms with Crippen molar-refractivity contribution in [1.82, 2.24) is 9.55 Å². The maximum Gasteiger partial charge on any atom is 0.326 e. The van der Waals surface area contributed by atoms with E-state index in [1.54, 1.807) is 6.20 Å². The molecule has 2 aromatic rings. The van der Waals surface area contributed by atoms with E-state index >= 15 is 0 Å². The Morgan fingerprint density at radius 3 is 2.78 bits per heavy atom. The minimum absolute atomic E-state index is 0.0690. The summed E-state index contributed by atoms with van der Waals surface area (Å²) in [6, 6.07) is 8.87. The number of aliphatic carboxylic acids is 1. The average Bonchev–Trinajstić information content (AvgIpc) is 2.95. The number of hydrogen-bond donors (Lipinski definition) is 2. The predicted octanol–water partition coefficient (Wildman–Crippen LogP) is 2.38. The highest BCUT2D eigenvalue weighted by Gasteiger charge is 2.36. The third-order valence-electron chi connectivity index (χ3n) is 4.34. The monoisotopic (exact) mass is 313 g/mol. The second-order valence-electron chi connectivity index (χ2n) is 5.74. The second-order valence-corrected chi connectivity index (χ2v) is 5.74. The lowest BCUT2D eigenvalue weighted by Crippen LogP contribution is -2.30. The number of fused-ring (bicyclic) bond motifs is 1. The van der Waals surface area contributed by atoms with E-state index in [1.165, 1.54) is 4.57 Å². The first-order chi connectivity index (χ1) is 11.1. The molecule has 1 aliphatic rings. The number of benzene rings is 1. The summed E-state index contributed by atoms with van der Waals surface area (Å²) in [5, 5.41) is 12.4. The lowest BCUT2D eigenvalue weighted by atomic mass is 10.00. The smallest absolute Gasteiger partial charge is 0.326 e. The second kappa shape index (κ2) is 6.24. The molecule has 1 aliphatic heterocycles. The van der Waals surface area contributed by atoms with Crippen LogP contribution in [-0.2, 0) is 11.3 Å². The zero-order valence-corrected chi connectivity index (χ0v) is 12.9.